The predicted molar refractivity (Wildman–Crippen MR) is 66.0 cm³/mol. The van der Waals surface area contributed by atoms with Crippen LogP contribution in [0.4, 0.5) is 13.2 Å². The van der Waals surface area contributed by atoms with E-state index in [0.717, 1.165) is 4.57 Å². The number of nitrogens with zero attached hydrogens (tertiary/aromatic N) is 3. The van der Waals surface area contributed by atoms with Crippen molar-refractivity contribution in [1.29, 1.82) is 0 Å². The molecule has 2 heterocycles. The predicted octanol–water partition coefficient (Wildman–Crippen LogP) is 1.51. The van der Waals surface area contributed by atoms with E-state index in [4.69, 9.17) is 11.6 Å². The summed E-state index contributed by atoms with van der Waals surface area (Å²) in [5.41, 5.74) is -2.39. The molecule has 2 aromatic heterocycles. The first-order chi connectivity index (χ1) is 9.24. The number of hydrogen-bond donors (Lipinski definition) is 1. The molecule has 0 spiro atoms. The Labute approximate surface area is 114 Å². The first kappa shape index (κ1) is 14.6. The van der Waals surface area contributed by atoms with E-state index < -0.39 is 29.6 Å². The van der Waals surface area contributed by atoms with Crippen LogP contribution in [-0.4, -0.2) is 25.3 Å². The van der Waals surface area contributed by atoms with Gasteiger partial charge in [0.05, 0.1) is 0 Å². The molecule has 0 aliphatic heterocycles. The number of nitrogens with one attached hydrogen (secondary N) is 1. The number of aromatic amines is 1. The second kappa shape index (κ2) is 4.97. The third-order valence-corrected chi connectivity index (χ3v) is 2.80. The van der Waals surface area contributed by atoms with Gasteiger partial charge in [-0.3, -0.25) is 13.9 Å². The first-order valence-corrected chi connectivity index (χ1v) is 6.08. The van der Waals surface area contributed by atoms with E-state index >= 15 is 0 Å². The summed E-state index contributed by atoms with van der Waals surface area (Å²) in [7, 11) is 0. The number of imidazole rings is 1. The van der Waals surface area contributed by atoms with Crippen molar-refractivity contribution in [1.82, 2.24) is 19.1 Å². The lowest BCUT2D eigenvalue weighted by Crippen LogP contribution is -2.42. The van der Waals surface area contributed by atoms with E-state index in [1.165, 1.54) is 0 Å². The lowest BCUT2D eigenvalue weighted by molar-refractivity contribution is -0.140. The van der Waals surface area contributed by atoms with Crippen LogP contribution in [-0.2, 0) is 13.1 Å². The Kier molecular flexibility index (Phi) is 3.63. The van der Waals surface area contributed by atoms with Crippen molar-refractivity contribution in [3.63, 3.8) is 0 Å². The fourth-order valence-electron chi connectivity index (χ4n) is 1.88. The molecule has 0 radical (unpaired) electrons. The maximum atomic E-state index is 12.6. The summed E-state index contributed by atoms with van der Waals surface area (Å²) in [6.07, 6.45) is -4.19. The summed E-state index contributed by atoms with van der Waals surface area (Å²) in [5.74, 6) is 0. The zero-order valence-electron chi connectivity index (χ0n) is 10.3. The minimum Gasteiger partial charge on any atom is -0.323 e. The van der Waals surface area contributed by atoms with Crippen molar-refractivity contribution >= 4 is 22.8 Å². The molecule has 6 nitrogen and oxygen atoms in total. The zero-order valence-corrected chi connectivity index (χ0v) is 11.0. The van der Waals surface area contributed by atoms with E-state index in [1.807, 2.05) is 0 Å². The van der Waals surface area contributed by atoms with Crippen LogP contribution in [0.3, 0.4) is 0 Å². The normalized spacial score (nSPS) is 12.2. The van der Waals surface area contributed by atoms with Gasteiger partial charge in [0.15, 0.2) is 11.2 Å². The summed E-state index contributed by atoms with van der Waals surface area (Å²) < 4.78 is 38.8. The van der Waals surface area contributed by atoms with Gasteiger partial charge in [-0.05, 0) is 18.0 Å². The highest BCUT2D eigenvalue weighted by Crippen LogP contribution is 2.19. The molecule has 0 saturated carbocycles. The van der Waals surface area contributed by atoms with Crippen molar-refractivity contribution in [3.8, 4) is 0 Å². The second-order valence-electron chi connectivity index (χ2n) is 4.17. The third-order valence-electron chi connectivity index (χ3n) is 2.62. The minimum absolute atomic E-state index is 0.0160. The number of aromatic nitrogens is 4. The van der Waals surface area contributed by atoms with Gasteiger partial charge in [0.2, 0.25) is 5.28 Å². The van der Waals surface area contributed by atoms with Gasteiger partial charge in [-0.1, -0.05) is 6.92 Å². The van der Waals surface area contributed by atoms with Gasteiger partial charge in [0.1, 0.15) is 6.54 Å². The SMILES string of the molecule is CCCn1c(=O)c2[nH]c(Cl)nc2n(CC(F)(F)F)c1=O. The fourth-order valence-corrected chi connectivity index (χ4v) is 2.06. The molecule has 0 unspecified atom stereocenters. The number of hydrogen-bond acceptors (Lipinski definition) is 3. The molecule has 10 heteroatoms. The number of alkyl halides is 3. The van der Waals surface area contributed by atoms with Gasteiger partial charge >= 0.3 is 11.9 Å². The smallest absolute Gasteiger partial charge is 0.323 e. The van der Waals surface area contributed by atoms with Crippen molar-refractivity contribution < 1.29 is 13.2 Å². The molecule has 110 valence electrons. The number of halogens is 4. The summed E-state index contributed by atoms with van der Waals surface area (Å²) >= 11 is 5.57. The maximum absolute atomic E-state index is 12.6. The van der Waals surface area contributed by atoms with E-state index in [9.17, 15) is 22.8 Å². The molecule has 0 aliphatic carbocycles. The highest BCUT2D eigenvalue weighted by atomic mass is 35.5. The topological polar surface area (TPSA) is 72.7 Å². The molecule has 1 N–H and O–H groups in total. The van der Waals surface area contributed by atoms with Crippen molar-refractivity contribution in [2.45, 2.75) is 32.6 Å². The number of rotatable bonds is 3. The summed E-state index contributed by atoms with van der Waals surface area (Å²) in [4.78, 5) is 30.0. The Balaban J connectivity index is 2.83. The Hall–Kier alpha value is -1.77. The standard InChI is InChI=1S/C10H10ClF3N4O2/c1-2-3-17-7(19)5-6(16-8(11)15-5)18(9(17)20)4-10(12,13)14/h2-4H2,1H3,(H,15,16). The third kappa shape index (κ3) is 2.58. The minimum atomic E-state index is -4.61. The average molecular weight is 311 g/mol. The molecular weight excluding hydrogens is 301 g/mol. The van der Waals surface area contributed by atoms with Gasteiger partial charge in [-0.2, -0.15) is 18.2 Å². The molecule has 2 rings (SSSR count). The van der Waals surface area contributed by atoms with E-state index in [1.54, 1.807) is 6.92 Å². The fraction of sp³-hybridized carbons (Fsp3) is 0.500. The molecule has 0 amide bonds. The van der Waals surface area contributed by atoms with Crippen molar-refractivity contribution in [2.24, 2.45) is 0 Å². The maximum Gasteiger partial charge on any atom is 0.406 e. The lowest BCUT2D eigenvalue weighted by Gasteiger charge is -2.12. The Morgan fingerprint density at radius 2 is 1.95 bits per heavy atom. The highest BCUT2D eigenvalue weighted by Gasteiger charge is 2.31. The molecule has 20 heavy (non-hydrogen) atoms. The highest BCUT2D eigenvalue weighted by molar-refractivity contribution is 6.28. The number of fused-ring (bicyclic) bond motifs is 1. The molecule has 2 aromatic rings. The first-order valence-electron chi connectivity index (χ1n) is 5.70. The molecule has 0 saturated heterocycles. The van der Waals surface area contributed by atoms with Gasteiger partial charge in [0.25, 0.3) is 5.56 Å². The zero-order chi connectivity index (χ0) is 15.1. The molecule has 0 atom stereocenters. The van der Waals surface area contributed by atoms with Crippen LogP contribution in [0, 0.1) is 0 Å². The van der Waals surface area contributed by atoms with Crippen LogP contribution in [0.5, 0.6) is 0 Å². The summed E-state index contributed by atoms with van der Waals surface area (Å²) in [5, 5.41) is -0.248. The quantitative estimate of drug-likeness (QED) is 0.873. The largest absolute Gasteiger partial charge is 0.406 e. The van der Waals surface area contributed by atoms with Gasteiger partial charge in [0, 0.05) is 6.54 Å². The van der Waals surface area contributed by atoms with Gasteiger partial charge in [-0.25, -0.2) is 4.79 Å². The molecule has 0 fully saturated rings. The molecule has 0 bridgehead atoms. The Morgan fingerprint density at radius 1 is 1.30 bits per heavy atom. The van der Waals surface area contributed by atoms with Gasteiger partial charge in [-0.15, -0.1) is 0 Å². The Morgan fingerprint density at radius 3 is 2.50 bits per heavy atom. The van der Waals surface area contributed by atoms with E-state index in [2.05, 4.69) is 9.97 Å². The average Bonchev–Trinajstić information content (AvgIpc) is 2.71. The van der Waals surface area contributed by atoms with Crippen LogP contribution < -0.4 is 11.2 Å². The van der Waals surface area contributed by atoms with E-state index in [0.29, 0.717) is 11.0 Å². The van der Waals surface area contributed by atoms with E-state index in [-0.39, 0.29) is 17.3 Å². The van der Waals surface area contributed by atoms with Crippen LogP contribution in [0.2, 0.25) is 5.28 Å². The molecular formula is C10H10ClF3N4O2. The van der Waals surface area contributed by atoms with Crippen LogP contribution in [0.15, 0.2) is 9.59 Å². The van der Waals surface area contributed by atoms with Gasteiger partial charge < -0.3 is 4.98 Å². The lowest BCUT2D eigenvalue weighted by atomic mass is 10.4. The Bertz CT molecular complexity index is 759. The summed E-state index contributed by atoms with van der Waals surface area (Å²) in [6, 6.07) is 0. The monoisotopic (exact) mass is 310 g/mol. The second-order valence-corrected chi connectivity index (χ2v) is 4.52. The van der Waals surface area contributed by atoms with Crippen LogP contribution >= 0.6 is 11.6 Å². The van der Waals surface area contributed by atoms with Crippen LogP contribution in [0.1, 0.15) is 13.3 Å². The number of H-pyrrole nitrogens is 1. The molecule has 0 aromatic carbocycles. The molecule has 0 aliphatic rings. The van der Waals surface area contributed by atoms with Crippen LogP contribution in [0.25, 0.3) is 11.2 Å². The van der Waals surface area contributed by atoms with Crippen molar-refractivity contribution in [3.05, 3.63) is 26.1 Å². The van der Waals surface area contributed by atoms with Crippen molar-refractivity contribution in [2.75, 3.05) is 0 Å². The summed E-state index contributed by atoms with van der Waals surface area (Å²) in [6.45, 7) is 0.180.